The van der Waals surface area contributed by atoms with Gasteiger partial charge in [-0.25, -0.2) is 9.97 Å². The lowest BCUT2D eigenvalue weighted by Gasteiger charge is -2.19. The molecule has 4 N–H and O–H groups in total. The molecule has 6 nitrogen and oxygen atoms in total. The van der Waals surface area contributed by atoms with Crippen LogP contribution < -0.4 is 5.73 Å². The van der Waals surface area contributed by atoms with Gasteiger partial charge in [0, 0.05) is 6.20 Å². The first-order chi connectivity index (χ1) is 7.65. The number of nitrogen functional groups attached to an aromatic ring is 1. The molecule has 2 atom stereocenters. The summed E-state index contributed by atoms with van der Waals surface area (Å²) in [4.78, 5) is 8.01. The molecule has 0 aromatic carbocycles. The second kappa shape index (κ2) is 4.07. The monoisotopic (exact) mass is 222 g/mol. The Morgan fingerprint density at radius 1 is 1.50 bits per heavy atom. The Morgan fingerprint density at radius 3 is 2.94 bits per heavy atom. The molecule has 0 radical (unpaired) electrons. The van der Waals surface area contributed by atoms with Crippen LogP contribution in [-0.4, -0.2) is 37.5 Å². The van der Waals surface area contributed by atoms with Crippen LogP contribution in [-0.2, 0) is 0 Å². The minimum absolute atomic E-state index is 0.267. The summed E-state index contributed by atoms with van der Waals surface area (Å²) in [5.41, 5.74) is 6.36. The second-order valence-corrected chi connectivity index (χ2v) is 3.71. The summed E-state index contributed by atoms with van der Waals surface area (Å²) in [5.74, 6) is 0.412. The minimum Gasteiger partial charge on any atom is -0.394 e. The highest BCUT2D eigenvalue weighted by Gasteiger charge is 2.17. The number of aliphatic hydroxyl groups excluding tert-OH is 2. The zero-order valence-corrected chi connectivity index (χ0v) is 8.91. The molecule has 86 valence electrons. The molecular formula is C10H14N4O2. The highest BCUT2D eigenvalue weighted by molar-refractivity contribution is 5.86. The van der Waals surface area contributed by atoms with Crippen LogP contribution in [0.3, 0.4) is 0 Å². The number of anilines is 1. The van der Waals surface area contributed by atoms with Crippen LogP contribution in [0, 0.1) is 0 Å². The largest absolute Gasteiger partial charge is 0.394 e. The van der Waals surface area contributed by atoms with Crippen LogP contribution in [0.4, 0.5) is 5.82 Å². The van der Waals surface area contributed by atoms with E-state index in [1.807, 2.05) is 0 Å². The Kier molecular flexibility index (Phi) is 2.76. The van der Waals surface area contributed by atoms with Gasteiger partial charge in [0.05, 0.1) is 24.1 Å². The highest BCUT2D eigenvalue weighted by Crippen LogP contribution is 2.22. The van der Waals surface area contributed by atoms with Gasteiger partial charge in [0.1, 0.15) is 17.8 Å². The van der Waals surface area contributed by atoms with E-state index in [1.165, 1.54) is 6.33 Å². The molecule has 0 aliphatic heterocycles. The Balaban J connectivity index is 2.50. The number of aliphatic hydroxyl groups is 2. The first-order valence-corrected chi connectivity index (χ1v) is 5.01. The fourth-order valence-electron chi connectivity index (χ4n) is 1.66. The Labute approximate surface area is 92.4 Å². The number of nitrogens with zero attached hydrogens (tertiary/aromatic N) is 3. The van der Waals surface area contributed by atoms with Crippen molar-refractivity contribution in [2.45, 2.75) is 19.1 Å². The predicted molar refractivity (Wildman–Crippen MR) is 59.7 cm³/mol. The zero-order chi connectivity index (χ0) is 11.7. The van der Waals surface area contributed by atoms with Gasteiger partial charge in [0.2, 0.25) is 0 Å². The summed E-state index contributed by atoms with van der Waals surface area (Å²) in [6, 6.07) is 1.53. The second-order valence-electron chi connectivity index (χ2n) is 3.71. The van der Waals surface area contributed by atoms with Gasteiger partial charge >= 0.3 is 0 Å². The number of aromatic nitrogens is 3. The topological polar surface area (TPSA) is 97.2 Å². The number of hydrogen-bond donors (Lipinski definition) is 3. The highest BCUT2D eigenvalue weighted by atomic mass is 16.3. The van der Waals surface area contributed by atoms with Gasteiger partial charge in [-0.2, -0.15) is 0 Å². The third-order valence-corrected chi connectivity index (χ3v) is 2.72. The molecule has 16 heavy (non-hydrogen) atoms. The van der Waals surface area contributed by atoms with Crippen molar-refractivity contribution in [1.29, 1.82) is 0 Å². The van der Waals surface area contributed by atoms with Gasteiger partial charge in [-0.05, 0) is 13.0 Å². The van der Waals surface area contributed by atoms with Gasteiger partial charge in [-0.3, -0.25) is 0 Å². The van der Waals surface area contributed by atoms with Crippen LogP contribution in [0.5, 0.6) is 0 Å². The van der Waals surface area contributed by atoms with E-state index in [2.05, 4.69) is 9.97 Å². The van der Waals surface area contributed by atoms with Crippen molar-refractivity contribution in [3.63, 3.8) is 0 Å². The first kappa shape index (κ1) is 10.8. The van der Waals surface area contributed by atoms with Crippen LogP contribution >= 0.6 is 0 Å². The van der Waals surface area contributed by atoms with Gasteiger partial charge in [0.15, 0.2) is 0 Å². The van der Waals surface area contributed by atoms with Crippen molar-refractivity contribution in [3.05, 3.63) is 18.6 Å². The molecule has 0 saturated carbocycles. The van der Waals surface area contributed by atoms with E-state index in [0.29, 0.717) is 11.5 Å². The van der Waals surface area contributed by atoms with Gasteiger partial charge < -0.3 is 20.5 Å². The molecule has 0 saturated heterocycles. The smallest absolute Gasteiger partial charge is 0.145 e. The van der Waals surface area contributed by atoms with Crippen molar-refractivity contribution in [2.75, 3.05) is 12.3 Å². The molecule has 2 heterocycles. The molecule has 2 rings (SSSR count). The average molecular weight is 222 g/mol. The van der Waals surface area contributed by atoms with Crippen molar-refractivity contribution < 1.29 is 10.2 Å². The maximum Gasteiger partial charge on any atom is 0.145 e. The quantitative estimate of drug-likeness (QED) is 0.675. The predicted octanol–water partition coefficient (Wildman–Crippen LogP) is -0.0723. The molecule has 0 aliphatic carbocycles. The summed E-state index contributed by atoms with van der Waals surface area (Å²) in [6.45, 7) is 1.51. The van der Waals surface area contributed by atoms with E-state index in [4.69, 9.17) is 10.8 Å². The molecule has 2 aromatic heterocycles. The van der Waals surface area contributed by atoms with Crippen LogP contribution in [0.1, 0.15) is 13.0 Å². The summed E-state index contributed by atoms with van der Waals surface area (Å²) in [5, 5.41) is 19.2. The van der Waals surface area contributed by atoms with Crippen LogP contribution in [0.25, 0.3) is 11.0 Å². The SMILES string of the molecule is C[C@H]([C@H](O)CO)n1ccc2c(N)ncnc21. The summed E-state index contributed by atoms with van der Waals surface area (Å²) in [7, 11) is 0. The maximum atomic E-state index is 9.58. The Bertz CT molecular complexity index is 497. The Morgan fingerprint density at radius 2 is 2.25 bits per heavy atom. The van der Waals surface area contributed by atoms with Crippen LogP contribution in [0.15, 0.2) is 18.6 Å². The molecule has 0 bridgehead atoms. The van der Waals surface area contributed by atoms with E-state index in [-0.39, 0.29) is 12.6 Å². The van der Waals surface area contributed by atoms with Crippen molar-refractivity contribution >= 4 is 16.9 Å². The molecule has 0 unspecified atom stereocenters. The zero-order valence-electron chi connectivity index (χ0n) is 8.91. The Hall–Kier alpha value is -1.66. The fraction of sp³-hybridized carbons (Fsp3) is 0.400. The van der Waals surface area contributed by atoms with Gasteiger partial charge in [0.25, 0.3) is 0 Å². The van der Waals surface area contributed by atoms with E-state index >= 15 is 0 Å². The van der Waals surface area contributed by atoms with E-state index in [9.17, 15) is 5.11 Å². The van der Waals surface area contributed by atoms with Crippen molar-refractivity contribution in [2.24, 2.45) is 0 Å². The van der Waals surface area contributed by atoms with Gasteiger partial charge in [-0.1, -0.05) is 0 Å². The minimum atomic E-state index is -0.827. The fourth-order valence-corrected chi connectivity index (χ4v) is 1.66. The maximum absolute atomic E-state index is 9.58. The lowest BCUT2D eigenvalue weighted by molar-refractivity contribution is 0.0587. The van der Waals surface area contributed by atoms with Crippen molar-refractivity contribution in [3.8, 4) is 0 Å². The third kappa shape index (κ3) is 1.62. The lowest BCUT2D eigenvalue weighted by Crippen LogP contribution is -2.24. The van der Waals surface area contributed by atoms with E-state index in [0.717, 1.165) is 5.39 Å². The molecule has 2 aromatic rings. The molecule has 0 spiro atoms. The van der Waals surface area contributed by atoms with Crippen LogP contribution in [0.2, 0.25) is 0 Å². The van der Waals surface area contributed by atoms with E-state index < -0.39 is 6.10 Å². The molecule has 0 aliphatic rings. The summed E-state index contributed by atoms with van der Waals surface area (Å²) in [6.07, 6.45) is 2.33. The molecular weight excluding hydrogens is 208 g/mol. The van der Waals surface area contributed by atoms with Crippen molar-refractivity contribution in [1.82, 2.24) is 14.5 Å². The summed E-state index contributed by atoms with van der Waals surface area (Å²) >= 11 is 0. The molecule has 6 heteroatoms. The number of hydrogen-bond acceptors (Lipinski definition) is 5. The third-order valence-electron chi connectivity index (χ3n) is 2.72. The first-order valence-electron chi connectivity index (χ1n) is 5.01. The summed E-state index contributed by atoms with van der Waals surface area (Å²) < 4.78 is 1.77. The number of rotatable bonds is 3. The molecule has 0 amide bonds. The normalized spacial score (nSPS) is 15.2. The average Bonchev–Trinajstić information content (AvgIpc) is 2.72. The number of fused-ring (bicyclic) bond motifs is 1. The molecule has 0 fully saturated rings. The standard InChI is InChI=1S/C10H14N4O2/c1-6(8(16)4-15)14-3-2-7-9(11)12-5-13-10(7)14/h2-3,5-6,8,15-16H,4H2,1H3,(H2,11,12,13)/t6-,8-/m1/s1. The van der Waals surface area contributed by atoms with E-state index in [1.54, 1.807) is 23.8 Å². The lowest BCUT2D eigenvalue weighted by atomic mass is 10.2. The number of nitrogens with two attached hydrogens (primary N) is 1. The van der Waals surface area contributed by atoms with Gasteiger partial charge in [-0.15, -0.1) is 0 Å².